The topological polar surface area (TPSA) is 88.3 Å². The number of aromatic nitrogens is 5. The second-order valence-electron chi connectivity index (χ2n) is 6.18. The van der Waals surface area contributed by atoms with E-state index in [0.29, 0.717) is 5.69 Å². The number of anilines is 1. The van der Waals surface area contributed by atoms with Crippen LogP contribution in [-0.4, -0.2) is 49.6 Å². The number of amides is 1. The van der Waals surface area contributed by atoms with E-state index in [4.69, 9.17) is 0 Å². The van der Waals surface area contributed by atoms with Crippen LogP contribution in [0.5, 0.6) is 0 Å². The smallest absolute Gasteiger partial charge is 0.271 e. The number of aryl methyl sites for hydroxylation is 1. The number of piperidine rings is 1. The molecule has 0 atom stereocenters. The number of fused-ring (bicyclic) bond motifs is 1. The summed E-state index contributed by atoms with van der Waals surface area (Å²) in [6.07, 6.45) is 8.07. The Labute approximate surface area is 144 Å². The monoisotopic (exact) mass is 337 g/mol. The number of carbonyl (C=O) groups is 1. The van der Waals surface area contributed by atoms with Crippen LogP contribution < -0.4 is 10.2 Å². The molecule has 0 saturated carbocycles. The lowest BCUT2D eigenvalue weighted by atomic mass is 10.0. The first-order valence-corrected chi connectivity index (χ1v) is 8.34. The third-order valence-corrected chi connectivity index (χ3v) is 4.42. The summed E-state index contributed by atoms with van der Waals surface area (Å²) in [6.45, 7) is 3.69. The summed E-state index contributed by atoms with van der Waals surface area (Å²) in [4.78, 5) is 27.0. The number of nitrogens with one attached hydrogen (secondary N) is 1. The molecule has 1 N–H and O–H groups in total. The molecule has 0 unspecified atom stereocenters. The van der Waals surface area contributed by atoms with Gasteiger partial charge in [0.05, 0.1) is 12.4 Å². The van der Waals surface area contributed by atoms with Crippen molar-refractivity contribution in [1.29, 1.82) is 0 Å². The molecule has 0 spiro atoms. The third kappa shape index (κ3) is 3.15. The zero-order valence-corrected chi connectivity index (χ0v) is 14.0. The van der Waals surface area contributed by atoms with Gasteiger partial charge in [0.15, 0.2) is 5.65 Å². The molecule has 1 amide bonds. The van der Waals surface area contributed by atoms with Crippen LogP contribution in [0.25, 0.3) is 5.65 Å². The van der Waals surface area contributed by atoms with Crippen LogP contribution in [-0.2, 0) is 0 Å². The maximum atomic E-state index is 12.2. The Morgan fingerprint density at radius 2 is 2.08 bits per heavy atom. The minimum absolute atomic E-state index is 0.141. The van der Waals surface area contributed by atoms with Crippen LogP contribution in [0.15, 0.2) is 36.9 Å². The van der Waals surface area contributed by atoms with Crippen LogP contribution in [0.4, 0.5) is 5.82 Å². The van der Waals surface area contributed by atoms with Gasteiger partial charge in [0, 0.05) is 49.4 Å². The standard InChI is InChI=1S/C17H19N7O/c1-12-10-16(24-15(21-12)2-5-20-24)23-8-3-13(4-9-23)22-17(25)14-11-18-6-7-19-14/h2,5-7,10-11,13H,3-4,8-9H2,1H3,(H,22,25). The number of hydrogen-bond donors (Lipinski definition) is 1. The van der Waals surface area contributed by atoms with Crippen molar-refractivity contribution in [3.8, 4) is 0 Å². The van der Waals surface area contributed by atoms with E-state index in [1.54, 1.807) is 12.4 Å². The molecule has 4 heterocycles. The summed E-state index contributed by atoms with van der Waals surface area (Å²) in [5, 5.41) is 7.42. The Balaban J connectivity index is 1.43. The molecular formula is C17H19N7O. The van der Waals surface area contributed by atoms with Crippen molar-refractivity contribution >= 4 is 17.4 Å². The molecule has 25 heavy (non-hydrogen) atoms. The molecule has 128 valence electrons. The fourth-order valence-electron chi connectivity index (χ4n) is 3.17. The number of carbonyl (C=O) groups excluding carboxylic acids is 1. The fraction of sp³-hybridized carbons (Fsp3) is 0.353. The van der Waals surface area contributed by atoms with E-state index in [0.717, 1.165) is 43.1 Å². The Hall–Kier alpha value is -3.03. The van der Waals surface area contributed by atoms with Crippen molar-refractivity contribution < 1.29 is 4.79 Å². The normalized spacial score (nSPS) is 15.5. The molecular weight excluding hydrogens is 318 g/mol. The van der Waals surface area contributed by atoms with Gasteiger partial charge in [-0.1, -0.05) is 0 Å². The highest BCUT2D eigenvalue weighted by atomic mass is 16.1. The number of hydrogen-bond acceptors (Lipinski definition) is 6. The summed E-state index contributed by atoms with van der Waals surface area (Å²) in [6, 6.07) is 4.10. The molecule has 1 aliphatic rings. The lowest BCUT2D eigenvalue weighted by molar-refractivity contribution is 0.0925. The van der Waals surface area contributed by atoms with Crippen LogP contribution in [0, 0.1) is 6.92 Å². The number of rotatable bonds is 3. The largest absolute Gasteiger partial charge is 0.356 e. The van der Waals surface area contributed by atoms with E-state index in [1.165, 1.54) is 12.4 Å². The van der Waals surface area contributed by atoms with Crippen molar-refractivity contribution in [3.05, 3.63) is 48.3 Å². The van der Waals surface area contributed by atoms with E-state index >= 15 is 0 Å². The molecule has 1 fully saturated rings. The van der Waals surface area contributed by atoms with Gasteiger partial charge in [-0.25, -0.2) is 9.97 Å². The first-order valence-electron chi connectivity index (χ1n) is 8.34. The van der Waals surface area contributed by atoms with E-state index < -0.39 is 0 Å². The molecule has 4 rings (SSSR count). The molecule has 1 aliphatic heterocycles. The van der Waals surface area contributed by atoms with Crippen molar-refractivity contribution in [1.82, 2.24) is 29.9 Å². The molecule has 3 aromatic heterocycles. The molecule has 0 aliphatic carbocycles. The quantitative estimate of drug-likeness (QED) is 0.773. The predicted molar refractivity (Wildman–Crippen MR) is 92.5 cm³/mol. The zero-order chi connectivity index (χ0) is 17.2. The maximum absolute atomic E-state index is 12.2. The molecule has 8 heteroatoms. The van der Waals surface area contributed by atoms with Crippen molar-refractivity contribution in [2.75, 3.05) is 18.0 Å². The highest BCUT2D eigenvalue weighted by molar-refractivity contribution is 5.92. The SMILES string of the molecule is Cc1cc(N2CCC(NC(=O)c3cnccn3)CC2)n2nccc2n1. The Bertz CT molecular complexity index is 884. The summed E-state index contributed by atoms with van der Waals surface area (Å²) in [5.74, 6) is 0.881. The maximum Gasteiger partial charge on any atom is 0.271 e. The predicted octanol–water partition coefficient (Wildman–Crippen LogP) is 1.23. The Morgan fingerprint density at radius 3 is 2.84 bits per heavy atom. The molecule has 0 aromatic carbocycles. The van der Waals surface area contributed by atoms with Crippen molar-refractivity contribution in [3.63, 3.8) is 0 Å². The van der Waals surface area contributed by atoms with E-state index in [2.05, 4.69) is 36.3 Å². The average Bonchev–Trinajstić information content (AvgIpc) is 3.11. The number of nitrogens with zero attached hydrogens (tertiary/aromatic N) is 6. The van der Waals surface area contributed by atoms with E-state index in [9.17, 15) is 4.79 Å². The van der Waals surface area contributed by atoms with Crippen LogP contribution >= 0.6 is 0 Å². The van der Waals surface area contributed by atoms with E-state index in [1.807, 2.05) is 17.5 Å². The first-order chi connectivity index (χ1) is 12.2. The van der Waals surface area contributed by atoms with Crippen molar-refractivity contribution in [2.45, 2.75) is 25.8 Å². The van der Waals surface area contributed by atoms with Gasteiger partial charge in [-0.15, -0.1) is 0 Å². The van der Waals surface area contributed by atoms with Gasteiger partial charge >= 0.3 is 0 Å². The highest BCUT2D eigenvalue weighted by Gasteiger charge is 2.23. The summed E-state index contributed by atoms with van der Waals surface area (Å²) < 4.78 is 1.87. The Kier molecular flexibility index (Phi) is 4.01. The van der Waals surface area contributed by atoms with Crippen LogP contribution in [0.2, 0.25) is 0 Å². The molecule has 8 nitrogen and oxygen atoms in total. The van der Waals surface area contributed by atoms with Crippen LogP contribution in [0.1, 0.15) is 29.0 Å². The minimum atomic E-state index is -0.166. The van der Waals surface area contributed by atoms with Crippen molar-refractivity contribution in [2.24, 2.45) is 0 Å². The van der Waals surface area contributed by atoms with Crippen LogP contribution in [0.3, 0.4) is 0 Å². The Morgan fingerprint density at radius 1 is 1.24 bits per heavy atom. The average molecular weight is 337 g/mol. The lowest BCUT2D eigenvalue weighted by Crippen LogP contribution is -2.45. The fourth-order valence-corrected chi connectivity index (χ4v) is 3.17. The summed E-state index contributed by atoms with van der Waals surface area (Å²) >= 11 is 0. The molecule has 1 saturated heterocycles. The summed E-state index contributed by atoms with van der Waals surface area (Å²) in [7, 11) is 0. The van der Waals surface area contributed by atoms with Gasteiger partial charge < -0.3 is 10.2 Å². The van der Waals surface area contributed by atoms with Gasteiger partial charge in [-0.3, -0.25) is 9.78 Å². The zero-order valence-electron chi connectivity index (χ0n) is 14.0. The van der Waals surface area contributed by atoms with Gasteiger partial charge in [0.2, 0.25) is 0 Å². The highest BCUT2D eigenvalue weighted by Crippen LogP contribution is 2.21. The third-order valence-electron chi connectivity index (χ3n) is 4.42. The lowest BCUT2D eigenvalue weighted by Gasteiger charge is -2.33. The second-order valence-corrected chi connectivity index (χ2v) is 6.18. The minimum Gasteiger partial charge on any atom is -0.356 e. The van der Waals surface area contributed by atoms with E-state index in [-0.39, 0.29) is 11.9 Å². The van der Waals surface area contributed by atoms with Gasteiger partial charge in [-0.05, 0) is 19.8 Å². The molecule has 3 aromatic rings. The second kappa shape index (κ2) is 6.46. The first kappa shape index (κ1) is 15.5. The molecule has 0 bridgehead atoms. The van der Waals surface area contributed by atoms with Gasteiger partial charge in [0.1, 0.15) is 11.5 Å². The van der Waals surface area contributed by atoms with Gasteiger partial charge in [-0.2, -0.15) is 9.61 Å². The molecule has 0 radical (unpaired) electrons. The van der Waals surface area contributed by atoms with Gasteiger partial charge in [0.25, 0.3) is 5.91 Å². The summed E-state index contributed by atoms with van der Waals surface area (Å²) in [5.41, 5.74) is 2.18.